The van der Waals surface area contributed by atoms with Crippen LogP contribution in [0.25, 0.3) is 0 Å². The number of hydrogen-bond acceptors (Lipinski definition) is 6. The van der Waals surface area contributed by atoms with E-state index in [1.54, 1.807) is 0 Å². The van der Waals surface area contributed by atoms with Gasteiger partial charge in [0.25, 0.3) is 0 Å². The Balaban J connectivity index is 2.38. The van der Waals surface area contributed by atoms with E-state index in [1.165, 1.54) is 12.1 Å². The molecule has 0 aliphatic rings. The van der Waals surface area contributed by atoms with Gasteiger partial charge in [-0.1, -0.05) is 20.8 Å². The van der Waals surface area contributed by atoms with Crippen LogP contribution < -0.4 is 0 Å². The molecule has 1 aromatic rings. The third-order valence-corrected chi connectivity index (χ3v) is 2.39. The van der Waals surface area contributed by atoms with Gasteiger partial charge in [-0.15, -0.1) is 0 Å². The molecule has 1 rings (SSSR count). The summed E-state index contributed by atoms with van der Waals surface area (Å²) in [6, 6.07) is 3.45. The van der Waals surface area contributed by atoms with Crippen LogP contribution in [0.2, 0.25) is 0 Å². The van der Waals surface area contributed by atoms with Crippen molar-refractivity contribution in [2.24, 2.45) is 5.41 Å². The van der Waals surface area contributed by atoms with Crippen LogP contribution in [-0.2, 0) is 9.47 Å². The Morgan fingerprint density at radius 3 is 2.24 bits per heavy atom. The zero-order chi connectivity index (χ0) is 16.0. The molecule has 0 heterocycles. The van der Waals surface area contributed by atoms with Crippen LogP contribution in [0.5, 0.6) is 11.5 Å². The number of ether oxygens (including phenoxy) is 2. The van der Waals surface area contributed by atoms with Crippen molar-refractivity contribution >= 4 is 5.97 Å². The number of aromatic hydroxyl groups is 2. The molecule has 1 atom stereocenters. The Hall–Kier alpha value is -1.79. The first kappa shape index (κ1) is 17.3. The summed E-state index contributed by atoms with van der Waals surface area (Å²) < 4.78 is 10.2. The quantitative estimate of drug-likeness (QED) is 0.691. The maximum Gasteiger partial charge on any atom is 0.338 e. The average Bonchev–Trinajstić information content (AvgIpc) is 2.33. The molecule has 6 nitrogen and oxygen atoms in total. The molecule has 1 unspecified atom stereocenters. The molecule has 0 amide bonds. The van der Waals surface area contributed by atoms with Crippen LogP contribution in [0, 0.1) is 5.41 Å². The van der Waals surface area contributed by atoms with Gasteiger partial charge in [-0.05, 0) is 17.5 Å². The molecule has 6 heteroatoms. The van der Waals surface area contributed by atoms with E-state index in [1.807, 2.05) is 20.8 Å². The van der Waals surface area contributed by atoms with Crippen LogP contribution in [-0.4, -0.2) is 47.2 Å². The fourth-order valence-electron chi connectivity index (χ4n) is 1.52. The van der Waals surface area contributed by atoms with Crippen molar-refractivity contribution in [3.05, 3.63) is 23.8 Å². The van der Waals surface area contributed by atoms with Gasteiger partial charge in [-0.3, -0.25) is 0 Å². The predicted molar refractivity (Wildman–Crippen MR) is 76.3 cm³/mol. The largest absolute Gasteiger partial charge is 0.508 e. The van der Waals surface area contributed by atoms with Gasteiger partial charge < -0.3 is 24.8 Å². The van der Waals surface area contributed by atoms with Crippen LogP contribution >= 0.6 is 0 Å². The van der Waals surface area contributed by atoms with Crippen molar-refractivity contribution in [1.29, 1.82) is 0 Å². The van der Waals surface area contributed by atoms with E-state index >= 15 is 0 Å². The molecule has 0 saturated heterocycles. The van der Waals surface area contributed by atoms with Crippen molar-refractivity contribution in [2.75, 3.05) is 19.8 Å². The number of aliphatic hydroxyl groups is 1. The van der Waals surface area contributed by atoms with Gasteiger partial charge >= 0.3 is 5.97 Å². The summed E-state index contributed by atoms with van der Waals surface area (Å²) in [6.45, 7) is 6.35. The van der Waals surface area contributed by atoms with Crippen LogP contribution in [0.15, 0.2) is 18.2 Å². The highest BCUT2D eigenvalue weighted by Gasteiger charge is 2.15. The highest BCUT2D eigenvalue weighted by atomic mass is 16.5. The van der Waals surface area contributed by atoms with Gasteiger partial charge in [-0.25, -0.2) is 4.79 Å². The molecule has 0 fully saturated rings. The second kappa shape index (κ2) is 7.28. The number of rotatable bonds is 6. The standard InChI is InChI=1S/C15H22O6/c1-15(2,3)9-20-7-13(18)8-21-14(19)10-4-11(16)6-12(17)5-10/h4-6,13,16-18H,7-9H2,1-3H3. The molecule has 0 aliphatic carbocycles. The van der Waals surface area contributed by atoms with E-state index in [9.17, 15) is 20.1 Å². The minimum atomic E-state index is -0.929. The Bertz CT molecular complexity index is 457. The number of aliphatic hydroxyl groups excluding tert-OH is 1. The van der Waals surface area contributed by atoms with E-state index in [0.717, 1.165) is 6.07 Å². The number of carbonyl (C=O) groups excluding carboxylic acids is 1. The Labute approximate surface area is 123 Å². The minimum absolute atomic E-state index is 0.00448. The van der Waals surface area contributed by atoms with Crippen LogP contribution in [0.3, 0.4) is 0 Å². The molecular formula is C15H22O6. The van der Waals surface area contributed by atoms with Gasteiger partial charge in [0.05, 0.1) is 18.8 Å². The van der Waals surface area contributed by atoms with Gasteiger partial charge in [0.15, 0.2) is 0 Å². The second-order valence-electron chi connectivity index (χ2n) is 6.07. The number of carbonyl (C=O) groups is 1. The average molecular weight is 298 g/mol. The molecule has 1 aromatic carbocycles. The summed E-state index contributed by atoms with van der Waals surface area (Å²) in [6.07, 6.45) is -0.929. The van der Waals surface area contributed by atoms with Crippen molar-refractivity contribution < 1.29 is 29.6 Å². The van der Waals surface area contributed by atoms with Crippen LogP contribution in [0.4, 0.5) is 0 Å². The van der Waals surface area contributed by atoms with E-state index in [-0.39, 0.29) is 35.7 Å². The summed E-state index contributed by atoms with van der Waals surface area (Å²) in [4.78, 5) is 11.7. The highest BCUT2D eigenvalue weighted by molar-refractivity contribution is 5.90. The molecule has 118 valence electrons. The molecule has 0 bridgehead atoms. The first-order valence-corrected chi connectivity index (χ1v) is 6.63. The fourth-order valence-corrected chi connectivity index (χ4v) is 1.52. The molecule has 3 N–H and O–H groups in total. The van der Waals surface area contributed by atoms with Gasteiger partial charge in [0.2, 0.25) is 0 Å². The van der Waals surface area contributed by atoms with E-state index in [2.05, 4.69) is 0 Å². The molecular weight excluding hydrogens is 276 g/mol. The van der Waals surface area contributed by atoms with E-state index < -0.39 is 12.1 Å². The number of hydrogen-bond donors (Lipinski definition) is 3. The summed E-state index contributed by atoms with van der Waals surface area (Å²) in [7, 11) is 0. The third-order valence-electron chi connectivity index (χ3n) is 2.39. The lowest BCUT2D eigenvalue weighted by molar-refractivity contribution is -0.0253. The highest BCUT2D eigenvalue weighted by Crippen LogP contribution is 2.21. The summed E-state index contributed by atoms with van der Waals surface area (Å²) in [5, 5.41) is 28.2. The Morgan fingerprint density at radius 1 is 1.14 bits per heavy atom. The molecule has 0 saturated carbocycles. The van der Waals surface area contributed by atoms with Gasteiger partial charge in [0, 0.05) is 6.07 Å². The number of phenols is 2. The number of esters is 1. The van der Waals surface area contributed by atoms with Crippen LogP contribution in [0.1, 0.15) is 31.1 Å². The first-order chi connectivity index (χ1) is 9.67. The van der Waals surface area contributed by atoms with Crippen molar-refractivity contribution in [3.8, 4) is 11.5 Å². The zero-order valence-electron chi connectivity index (χ0n) is 12.5. The normalized spacial score (nSPS) is 13.0. The van der Waals surface area contributed by atoms with E-state index in [0.29, 0.717) is 6.61 Å². The fraction of sp³-hybridized carbons (Fsp3) is 0.533. The van der Waals surface area contributed by atoms with Crippen molar-refractivity contribution in [1.82, 2.24) is 0 Å². The summed E-state index contributed by atoms with van der Waals surface area (Å²) in [5.41, 5.74) is 0.00507. The number of benzene rings is 1. The maximum absolute atomic E-state index is 11.7. The Kier molecular flexibility index (Phi) is 5.99. The molecule has 0 aromatic heterocycles. The van der Waals surface area contributed by atoms with Crippen molar-refractivity contribution in [3.63, 3.8) is 0 Å². The SMILES string of the molecule is CC(C)(C)COCC(O)COC(=O)c1cc(O)cc(O)c1. The Morgan fingerprint density at radius 2 is 1.71 bits per heavy atom. The third kappa shape index (κ3) is 6.97. The first-order valence-electron chi connectivity index (χ1n) is 6.63. The topological polar surface area (TPSA) is 96.2 Å². The molecule has 0 radical (unpaired) electrons. The molecule has 0 spiro atoms. The summed E-state index contributed by atoms with van der Waals surface area (Å²) >= 11 is 0. The lowest BCUT2D eigenvalue weighted by Gasteiger charge is -2.19. The zero-order valence-corrected chi connectivity index (χ0v) is 12.5. The lowest BCUT2D eigenvalue weighted by Crippen LogP contribution is -2.26. The molecule has 0 aliphatic heterocycles. The lowest BCUT2D eigenvalue weighted by atomic mass is 9.99. The number of phenolic OH excluding ortho intramolecular Hbond substituents is 2. The van der Waals surface area contributed by atoms with Crippen molar-refractivity contribution in [2.45, 2.75) is 26.9 Å². The molecule has 21 heavy (non-hydrogen) atoms. The minimum Gasteiger partial charge on any atom is -0.508 e. The maximum atomic E-state index is 11.7. The van der Waals surface area contributed by atoms with Gasteiger partial charge in [0.1, 0.15) is 24.2 Å². The smallest absolute Gasteiger partial charge is 0.338 e. The second-order valence-corrected chi connectivity index (χ2v) is 6.07. The summed E-state index contributed by atoms with van der Waals surface area (Å²) in [5.74, 6) is -1.22. The van der Waals surface area contributed by atoms with Gasteiger partial charge in [-0.2, -0.15) is 0 Å². The predicted octanol–water partition coefficient (Wildman–Crippen LogP) is 1.68. The van der Waals surface area contributed by atoms with E-state index in [4.69, 9.17) is 9.47 Å². The monoisotopic (exact) mass is 298 g/mol.